The van der Waals surface area contributed by atoms with Crippen molar-refractivity contribution in [1.29, 1.82) is 0 Å². The smallest absolute Gasteiger partial charge is 0.268 e. The number of halogens is 1. The molecule has 0 aromatic carbocycles. The first-order valence-corrected chi connectivity index (χ1v) is 6.84. The molecule has 0 atom stereocenters. The summed E-state index contributed by atoms with van der Waals surface area (Å²) in [6.07, 6.45) is 3.78. The van der Waals surface area contributed by atoms with E-state index in [1.807, 2.05) is 24.6 Å². The maximum Gasteiger partial charge on any atom is 0.268 e. The first-order valence-electron chi connectivity index (χ1n) is 6.47. The average molecular weight is 270 g/mol. The van der Waals surface area contributed by atoms with E-state index in [1.54, 1.807) is 6.07 Å². The minimum absolute atomic E-state index is 0.0255. The monoisotopic (exact) mass is 269 g/mol. The molecule has 2 rings (SSSR count). The molecular weight excluding hydrogens is 250 g/mol. The van der Waals surface area contributed by atoms with Crippen molar-refractivity contribution in [1.82, 2.24) is 15.2 Å². The van der Waals surface area contributed by atoms with E-state index in [0.29, 0.717) is 10.7 Å². The van der Waals surface area contributed by atoms with Gasteiger partial charge in [-0.1, -0.05) is 11.6 Å². The lowest BCUT2D eigenvalue weighted by Gasteiger charge is -2.24. The van der Waals surface area contributed by atoms with E-state index in [-0.39, 0.29) is 18.0 Å². The van der Waals surface area contributed by atoms with Crippen LogP contribution in [0.3, 0.4) is 0 Å². The predicted octanol–water partition coefficient (Wildman–Crippen LogP) is 2.20. The molecule has 1 fully saturated rings. The van der Waals surface area contributed by atoms with E-state index in [0.717, 1.165) is 25.9 Å². The van der Waals surface area contributed by atoms with Crippen molar-refractivity contribution < 1.29 is 4.79 Å². The Bertz CT molecular complexity index is 422. The van der Waals surface area contributed by atoms with E-state index in [4.69, 9.17) is 11.6 Å². The highest BCUT2D eigenvalue weighted by Gasteiger charge is 2.20. The lowest BCUT2D eigenvalue weighted by Crippen LogP contribution is -2.43. The van der Waals surface area contributed by atoms with E-state index >= 15 is 0 Å². The summed E-state index contributed by atoms with van der Waals surface area (Å²) in [4.78, 5) is 12.2. The molecule has 2 N–H and O–H groups in total. The number of aromatic nitrogens is 1. The molecule has 1 aromatic rings. The number of nitrogens with zero attached hydrogens (tertiary/aromatic N) is 1. The van der Waals surface area contributed by atoms with E-state index in [9.17, 15) is 4.79 Å². The predicted molar refractivity (Wildman–Crippen MR) is 73.2 cm³/mol. The molecule has 1 amide bonds. The van der Waals surface area contributed by atoms with Crippen molar-refractivity contribution in [2.24, 2.45) is 0 Å². The number of nitrogens with one attached hydrogen (secondary N) is 2. The van der Waals surface area contributed by atoms with Crippen LogP contribution in [0.2, 0.25) is 5.02 Å². The van der Waals surface area contributed by atoms with Crippen LogP contribution in [0, 0.1) is 0 Å². The van der Waals surface area contributed by atoms with Gasteiger partial charge in [-0.05, 0) is 45.8 Å². The van der Waals surface area contributed by atoms with Crippen molar-refractivity contribution in [3.05, 3.63) is 23.0 Å². The summed E-state index contributed by atoms with van der Waals surface area (Å²) in [7, 11) is 0. The lowest BCUT2D eigenvalue weighted by molar-refractivity contribution is 0.0918. The van der Waals surface area contributed by atoms with Crippen LogP contribution in [-0.4, -0.2) is 29.6 Å². The van der Waals surface area contributed by atoms with Crippen molar-refractivity contribution >= 4 is 17.5 Å². The summed E-state index contributed by atoms with van der Waals surface area (Å²) in [5.41, 5.74) is 0.647. The number of piperidine rings is 1. The molecule has 18 heavy (non-hydrogen) atoms. The second-order valence-corrected chi connectivity index (χ2v) is 5.48. The average Bonchev–Trinajstić information content (AvgIpc) is 2.73. The molecule has 0 saturated carbocycles. The summed E-state index contributed by atoms with van der Waals surface area (Å²) in [5, 5.41) is 6.98. The Kier molecular flexibility index (Phi) is 4.30. The van der Waals surface area contributed by atoms with Crippen LogP contribution in [0.4, 0.5) is 0 Å². The highest BCUT2D eigenvalue weighted by atomic mass is 35.5. The van der Waals surface area contributed by atoms with Gasteiger partial charge in [0.05, 0.1) is 5.02 Å². The van der Waals surface area contributed by atoms with Crippen molar-refractivity contribution in [2.45, 2.75) is 38.8 Å². The Labute approximate surface area is 113 Å². The molecule has 0 aliphatic carbocycles. The molecule has 1 aliphatic rings. The number of hydrogen-bond donors (Lipinski definition) is 2. The first-order chi connectivity index (χ1) is 8.58. The van der Waals surface area contributed by atoms with E-state index in [2.05, 4.69) is 10.6 Å². The van der Waals surface area contributed by atoms with Gasteiger partial charge >= 0.3 is 0 Å². The van der Waals surface area contributed by atoms with Crippen molar-refractivity contribution in [2.75, 3.05) is 13.1 Å². The van der Waals surface area contributed by atoms with Gasteiger partial charge in [-0.3, -0.25) is 4.79 Å². The van der Waals surface area contributed by atoms with Gasteiger partial charge in [0.1, 0.15) is 5.69 Å². The Morgan fingerprint density at radius 1 is 1.50 bits per heavy atom. The van der Waals surface area contributed by atoms with E-state index < -0.39 is 0 Å². The molecule has 2 heterocycles. The molecule has 5 heteroatoms. The number of amides is 1. The molecule has 1 aromatic heterocycles. The van der Waals surface area contributed by atoms with Crippen LogP contribution < -0.4 is 10.6 Å². The zero-order valence-electron chi connectivity index (χ0n) is 10.9. The SMILES string of the molecule is CC(C)n1cc(Cl)cc1C(=O)NC1CCNCC1. The van der Waals surface area contributed by atoms with Crippen LogP contribution in [0.5, 0.6) is 0 Å². The largest absolute Gasteiger partial charge is 0.348 e. The Morgan fingerprint density at radius 3 is 2.78 bits per heavy atom. The Balaban J connectivity index is 2.08. The quantitative estimate of drug-likeness (QED) is 0.884. The maximum absolute atomic E-state index is 12.2. The molecule has 4 nitrogen and oxygen atoms in total. The molecule has 100 valence electrons. The van der Waals surface area contributed by atoms with Gasteiger partial charge in [0.25, 0.3) is 5.91 Å². The minimum Gasteiger partial charge on any atom is -0.348 e. The molecular formula is C13H20ClN3O. The topological polar surface area (TPSA) is 46.1 Å². The summed E-state index contributed by atoms with van der Waals surface area (Å²) < 4.78 is 1.92. The van der Waals surface area contributed by atoms with Gasteiger partial charge in [0, 0.05) is 18.3 Å². The number of rotatable bonds is 3. The second-order valence-electron chi connectivity index (χ2n) is 5.04. The zero-order chi connectivity index (χ0) is 13.1. The third-order valence-electron chi connectivity index (χ3n) is 3.28. The van der Waals surface area contributed by atoms with Gasteiger partial charge in [-0.15, -0.1) is 0 Å². The highest BCUT2D eigenvalue weighted by Crippen LogP contribution is 2.19. The fourth-order valence-electron chi connectivity index (χ4n) is 2.28. The number of hydrogen-bond acceptors (Lipinski definition) is 2. The van der Waals surface area contributed by atoms with Gasteiger partial charge in [-0.25, -0.2) is 0 Å². The highest BCUT2D eigenvalue weighted by molar-refractivity contribution is 6.31. The zero-order valence-corrected chi connectivity index (χ0v) is 11.6. The Morgan fingerprint density at radius 2 is 2.17 bits per heavy atom. The molecule has 0 unspecified atom stereocenters. The van der Waals surface area contributed by atoms with Crippen LogP contribution in [0.15, 0.2) is 12.3 Å². The van der Waals surface area contributed by atoms with Crippen molar-refractivity contribution in [3.8, 4) is 0 Å². The molecule has 0 bridgehead atoms. The second kappa shape index (κ2) is 5.76. The van der Waals surface area contributed by atoms with Crippen LogP contribution in [-0.2, 0) is 0 Å². The summed E-state index contributed by atoms with van der Waals surface area (Å²) in [5.74, 6) is -0.0255. The van der Waals surface area contributed by atoms with Crippen LogP contribution in [0.25, 0.3) is 0 Å². The lowest BCUT2D eigenvalue weighted by atomic mass is 10.1. The molecule has 0 radical (unpaired) electrons. The fraction of sp³-hybridized carbons (Fsp3) is 0.615. The minimum atomic E-state index is -0.0255. The normalized spacial score (nSPS) is 17.1. The summed E-state index contributed by atoms with van der Waals surface area (Å²) in [6, 6.07) is 2.23. The van der Waals surface area contributed by atoms with Gasteiger partial charge in [0.15, 0.2) is 0 Å². The van der Waals surface area contributed by atoms with Gasteiger partial charge in [-0.2, -0.15) is 0 Å². The van der Waals surface area contributed by atoms with Gasteiger partial charge in [0.2, 0.25) is 0 Å². The molecule has 0 spiro atoms. The summed E-state index contributed by atoms with van der Waals surface area (Å²) in [6.45, 7) is 6.02. The molecule has 1 aliphatic heterocycles. The standard InChI is InChI=1S/C13H20ClN3O/c1-9(2)17-8-10(14)7-12(17)13(18)16-11-3-5-15-6-4-11/h7-9,11,15H,3-6H2,1-2H3,(H,16,18). The number of carbonyl (C=O) groups is 1. The third-order valence-corrected chi connectivity index (χ3v) is 3.49. The fourth-order valence-corrected chi connectivity index (χ4v) is 2.49. The summed E-state index contributed by atoms with van der Waals surface area (Å²) >= 11 is 5.99. The van der Waals surface area contributed by atoms with Crippen LogP contribution in [0.1, 0.15) is 43.2 Å². The van der Waals surface area contributed by atoms with E-state index in [1.165, 1.54) is 0 Å². The molecule has 1 saturated heterocycles. The number of carbonyl (C=O) groups excluding carboxylic acids is 1. The van der Waals surface area contributed by atoms with Crippen molar-refractivity contribution in [3.63, 3.8) is 0 Å². The third kappa shape index (κ3) is 3.06. The van der Waals surface area contributed by atoms with Crippen LogP contribution >= 0.6 is 11.6 Å². The maximum atomic E-state index is 12.2. The van der Waals surface area contributed by atoms with Gasteiger partial charge < -0.3 is 15.2 Å². The Hall–Kier alpha value is -1.00. The first kappa shape index (κ1) is 13.4.